The minimum Gasteiger partial charge on any atom is -0.312 e. The third-order valence-electron chi connectivity index (χ3n) is 3.55. The van der Waals surface area contributed by atoms with Crippen LogP contribution in [-0.2, 0) is 6.54 Å². The Balaban J connectivity index is 2.44. The molecule has 17 heavy (non-hydrogen) atoms. The molecule has 0 saturated heterocycles. The first-order valence-corrected chi connectivity index (χ1v) is 7.50. The molecule has 0 saturated carbocycles. The fraction of sp³-hybridized carbons (Fsp3) is 0.733. The van der Waals surface area contributed by atoms with Crippen molar-refractivity contribution in [1.82, 2.24) is 5.32 Å². The molecule has 0 spiro atoms. The highest BCUT2D eigenvalue weighted by atomic mass is 32.1. The molecule has 0 aliphatic heterocycles. The van der Waals surface area contributed by atoms with Gasteiger partial charge in [-0.2, -0.15) is 0 Å². The van der Waals surface area contributed by atoms with E-state index in [1.807, 2.05) is 11.3 Å². The Hall–Kier alpha value is -0.340. The van der Waals surface area contributed by atoms with Crippen LogP contribution in [0.3, 0.4) is 0 Å². The van der Waals surface area contributed by atoms with Crippen molar-refractivity contribution in [1.29, 1.82) is 0 Å². The van der Waals surface area contributed by atoms with Crippen molar-refractivity contribution < 1.29 is 0 Å². The highest BCUT2D eigenvalue weighted by Gasteiger charge is 2.16. The molecule has 0 aromatic carbocycles. The zero-order chi connectivity index (χ0) is 13.0. The van der Waals surface area contributed by atoms with E-state index in [-0.39, 0.29) is 0 Å². The van der Waals surface area contributed by atoms with Crippen LogP contribution in [0.5, 0.6) is 0 Å². The molecule has 0 fully saturated rings. The van der Waals surface area contributed by atoms with Gasteiger partial charge in [0, 0.05) is 16.3 Å². The Morgan fingerprint density at radius 3 is 2.12 bits per heavy atom. The molecule has 0 unspecified atom stereocenters. The molecule has 1 heterocycles. The van der Waals surface area contributed by atoms with E-state index in [1.165, 1.54) is 15.3 Å². The molecule has 0 atom stereocenters. The van der Waals surface area contributed by atoms with Gasteiger partial charge in [0.05, 0.1) is 0 Å². The molecule has 1 N–H and O–H groups in total. The lowest BCUT2D eigenvalue weighted by Crippen LogP contribution is -2.29. The van der Waals surface area contributed by atoms with E-state index in [4.69, 9.17) is 0 Å². The number of hydrogen-bond donors (Lipinski definition) is 1. The van der Waals surface area contributed by atoms with Crippen LogP contribution in [-0.4, -0.2) is 6.54 Å². The largest absolute Gasteiger partial charge is 0.312 e. The number of aryl methyl sites for hydroxylation is 2. The molecule has 0 radical (unpaired) electrons. The topological polar surface area (TPSA) is 12.0 Å². The van der Waals surface area contributed by atoms with Gasteiger partial charge in [0.15, 0.2) is 0 Å². The fourth-order valence-electron chi connectivity index (χ4n) is 2.47. The number of nitrogens with one attached hydrogen (secondary N) is 1. The van der Waals surface area contributed by atoms with Crippen molar-refractivity contribution in [3.05, 3.63) is 21.4 Å². The normalized spacial score (nSPS) is 12.1. The third kappa shape index (κ3) is 4.44. The molecule has 1 aromatic heterocycles. The van der Waals surface area contributed by atoms with Crippen molar-refractivity contribution in [3.8, 4) is 0 Å². The Morgan fingerprint density at radius 2 is 1.71 bits per heavy atom. The summed E-state index contributed by atoms with van der Waals surface area (Å²) in [6.45, 7) is 15.9. The molecule has 0 amide bonds. The van der Waals surface area contributed by atoms with Crippen LogP contribution in [0.1, 0.15) is 43.0 Å². The smallest absolute Gasteiger partial charge is 0.0216 e. The van der Waals surface area contributed by atoms with Crippen LogP contribution in [0, 0.1) is 31.6 Å². The summed E-state index contributed by atoms with van der Waals surface area (Å²) in [7, 11) is 0. The Bertz CT molecular complexity index is 331. The van der Waals surface area contributed by atoms with E-state index < -0.39 is 0 Å². The summed E-state index contributed by atoms with van der Waals surface area (Å²) in [5, 5.41) is 3.63. The van der Waals surface area contributed by atoms with Gasteiger partial charge in [-0.25, -0.2) is 0 Å². The molecule has 1 rings (SSSR count). The summed E-state index contributed by atoms with van der Waals surface area (Å²) in [6.07, 6.45) is 0. The van der Waals surface area contributed by atoms with Gasteiger partial charge in [-0.3, -0.25) is 0 Å². The van der Waals surface area contributed by atoms with Gasteiger partial charge < -0.3 is 5.32 Å². The maximum Gasteiger partial charge on any atom is 0.0216 e. The van der Waals surface area contributed by atoms with Crippen molar-refractivity contribution in [2.45, 2.75) is 48.1 Å². The van der Waals surface area contributed by atoms with Gasteiger partial charge in [-0.05, 0) is 49.8 Å². The van der Waals surface area contributed by atoms with Gasteiger partial charge in [0.2, 0.25) is 0 Å². The van der Waals surface area contributed by atoms with Crippen LogP contribution in [0.2, 0.25) is 0 Å². The summed E-state index contributed by atoms with van der Waals surface area (Å²) < 4.78 is 0. The van der Waals surface area contributed by atoms with E-state index >= 15 is 0 Å². The minimum atomic E-state index is 0.757. The molecule has 0 bridgehead atoms. The summed E-state index contributed by atoms with van der Waals surface area (Å²) in [5.41, 5.74) is 1.47. The standard InChI is InChI=1S/C15H27NS/c1-10(2)15(11(3)4)9-16-8-14-7-12(5)17-13(14)6/h7,10-11,15-16H,8-9H2,1-6H3. The first-order valence-electron chi connectivity index (χ1n) is 6.68. The molecule has 0 aliphatic rings. The number of thiophene rings is 1. The molecular weight excluding hydrogens is 226 g/mol. The average Bonchev–Trinajstić information content (AvgIpc) is 2.51. The van der Waals surface area contributed by atoms with Crippen molar-refractivity contribution in [2.24, 2.45) is 17.8 Å². The molecule has 0 aliphatic carbocycles. The molecule has 1 nitrogen and oxygen atoms in total. The van der Waals surface area contributed by atoms with Gasteiger partial charge >= 0.3 is 0 Å². The van der Waals surface area contributed by atoms with Crippen LogP contribution >= 0.6 is 11.3 Å². The van der Waals surface area contributed by atoms with Crippen LogP contribution in [0.25, 0.3) is 0 Å². The molecule has 2 heteroatoms. The van der Waals surface area contributed by atoms with E-state index in [9.17, 15) is 0 Å². The Morgan fingerprint density at radius 1 is 1.12 bits per heavy atom. The minimum absolute atomic E-state index is 0.757. The highest BCUT2D eigenvalue weighted by molar-refractivity contribution is 7.12. The summed E-state index contributed by atoms with van der Waals surface area (Å²) in [4.78, 5) is 2.88. The van der Waals surface area contributed by atoms with E-state index in [1.54, 1.807) is 0 Å². The third-order valence-corrected chi connectivity index (χ3v) is 4.56. The second-order valence-corrected chi connectivity index (χ2v) is 7.18. The SMILES string of the molecule is Cc1cc(CNCC(C(C)C)C(C)C)c(C)s1. The van der Waals surface area contributed by atoms with Crippen molar-refractivity contribution in [3.63, 3.8) is 0 Å². The maximum absolute atomic E-state index is 3.63. The maximum atomic E-state index is 3.63. The number of rotatable bonds is 6. The Labute approximate surface area is 111 Å². The van der Waals surface area contributed by atoms with E-state index in [0.29, 0.717) is 0 Å². The van der Waals surface area contributed by atoms with Crippen LogP contribution < -0.4 is 5.32 Å². The van der Waals surface area contributed by atoms with E-state index in [0.717, 1.165) is 30.8 Å². The van der Waals surface area contributed by atoms with Crippen LogP contribution in [0.4, 0.5) is 0 Å². The van der Waals surface area contributed by atoms with Gasteiger partial charge in [0.1, 0.15) is 0 Å². The predicted octanol–water partition coefficient (Wildman–Crippen LogP) is 4.38. The predicted molar refractivity (Wildman–Crippen MR) is 78.7 cm³/mol. The summed E-state index contributed by atoms with van der Waals surface area (Å²) in [5.74, 6) is 2.29. The summed E-state index contributed by atoms with van der Waals surface area (Å²) >= 11 is 1.90. The lowest BCUT2D eigenvalue weighted by Gasteiger charge is -2.25. The lowest BCUT2D eigenvalue weighted by molar-refractivity contribution is 0.275. The zero-order valence-corrected chi connectivity index (χ0v) is 12.9. The molecule has 98 valence electrons. The number of hydrogen-bond acceptors (Lipinski definition) is 2. The van der Waals surface area contributed by atoms with Crippen molar-refractivity contribution >= 4 is 11.3 Å². The van der Waals surface area contributed by atoms with Gasteiger partial charge in [-0.15, -0.1) is 11.3 Å². The second kappa shape index (κ2) is 6.55. The van der Waals surface area contributed by atoms with Crippen LogP contribution in [0.15, 0.2) is 6.07 Å². The highest BCUT2D eigenvalue weighted by Crippen LogP contribution is 2.22. The van der Waals surface area contributed by atoms with E-state index in [2.05, 4.69) is 52.9 Å². The monoisotopic (exact) mass is 253 g/mol. The Kier molecular flexibility index (Phi) is 5.68. The quantitative estimate of drug-likeness (QED) is 0.793. The summed E-state index contributed by atoms with van der Waals surface area (Å²) in [6, 6.07) is 2.31. The van der Waals surface area contributed by atoms with Crippen molar-refractivity contribution in [2.75, 3.05) is 6.54 Å². The van der Waals surface area contributed by atoms with Gasteiger partial charge in [0.25, 0.3) is 0 Å². The molecular formula is C15H27NS. The first kappa shape index (κ1) is 14.7. The lowest BCUT2D eigenvalue weighted by atomic mass is 9.85. The van der Waals surface area contributed by atoms with Gasteiger partial charge in [-0.1, -0.05) is 27.7 Å². The first-order chi connectivity index (χ1) is 7.91. The fourth-order valence-corrected chi connectivity index (χ4v) is 3.42. The zero-order valence-electron chi connectivity index (χ0n) is 12.1. The average molecular weight is 253 g/mol. The second-order valence-electron chi connectivity index (χ2n) is 5.72. The molecule has 1 aromatic rings.